The van der Waals surface area contributed by atoms with Gasteiger partial charge in [-0.1, -0.05) is 30.3 Å². The lowest BCUT2D eigenvalue weighted by atomic mass is 9.98. The topological polar surface area (TPSA) is 55.9 Å². The molecule has 4 rings (SSSR count). The Balaban J connectivity index is 1.49. The highest BCUT2D eigenvalue weighted by atomic mass is 16.5. The van der Waals surface area contributed by atoms with Crippen LogP contribution in [-0.2, 0) is 13.0 Å². The van der Waals surface area contributed by atoms with E-state index in [-0.39, 0.29) is 11.9 Å². The van der Waals surface area contributed by atoms with Gasteiger partial charge in [0.25, 0.3) is 5.91 Å². The second-order valence-electron chi connectivity index (χ2n) is 7.11. The first-order chi connectivity index (χ1) is 13.7. The van der Waals surface area contributed by atoms with Crippen LogP contribution < -0.4 is 15.0 Å². The Morgan fingerprint density at radius 1 is 1.14 bits per heavy atom. The van der Waals surface area contributed by atoms with Gasteiger partial charge in [-0.3, -0.25) is 4.79 Å². The molecular formula is C23H25N2O3+. The van der Waals surface area contributed by atoms with E-state index in [0.29, 0.717) is 17.9 Å². The number of methoxy groups -OCH3 is 1. The number of fused-ring (bicyclic) bond motifs is 1. The van der Waals surface area contributed by atoms with E-state index in [0.717, 1.165) is 25.3 Å². The minimum Gasteiger partial charge on any atom is -0.497 e. The monoisotopic (exact) mass is 377 g/mol. The van der Waals surface area contributed by atoms with Crippen molar-refractivity contribution < 1.29 is 18.8 Å². The number of furan rings is 1. The third-order valence-electron chi connectivity index (χ3n) is 5.43. The van der Waals surface area contributed by atoms with Gasteiger partial charge in [0.1, 0.15) is 12.3 Å². The second-order valence-corrected chi connectivity index (χ2v) is 7.11. The number of hydrogen-bond acceptors (Lipinski definition) is 3. The molecule has 3 aromatic rings. The number of rotatable bonds is 6. The molecule has 2 aromatic carbocycles. The zero-order valence-corrected chi connectivity index (χ0v) is 16.0. The summed E-state index contributed by atoms with van der Waals surface area (Å²) in [6, 6.07) is 19.8. The molecule has 0 fully saturated rings. The van der Waals surface area contributed by atoms with Gasteiger partial charge in [-0.2, -0.15) is 0 Å². The number of nitrogens with one attached hydrogen (secondary N) is 2. The first-order valence-electron chi connectivity index (χ1n) is 9.61. The molecule has 0 aliphatic carbocycles. The van der Waals surface area contributed by atoms with E-state index in [4.69, 9.17) is 9.15 Å². The molecule has 1 aliphatic heterocycles. The number of carbonyl (C=O) groups is 1. The SMILES string of the molecule is COc1cccc(C(=O)NC[C@@H](c2ccco2)[NH+]2CCc3ccccc3C2)c1. The van der Waals surface area contributed by atoms with Crippen molar-refractivity contribution in [2.24, 2.45) is 0 Å². The Morgan fingerprint density at radius 3 is 2.79 bits per heavy atom. The number of hydrogen-bond donors (Lipinski definition) is 2. The Morgan fingerprint density at radius 2 is 2.00 bits per heavy atom. The molecule has 1 amide bonds. The summed E-state index contributed by atoms with van der Waals surface area (Å²) < 4.78 is 10.9. The molecule has 1 aromatic heterocycles. The average Bonchev–Trinajstić information content (AvgIpc) is 3.28. The highest BCUT2D eigenvalue weighted by Crippen LogP contribution is 2.16. The van der Waals surface area contributed by atoms with E-state index in [1.54, 1.807) is 25.5 Å². The number of benzene rings is 2. The zero-order valence-electron chi connectivity index (χ0n) is 16.0. The molecule has 0 radical (unpaired) electrons. The van der Waals surface area contributed by atoms with Crippen molar-refractivity contribution >= 4 is 5.91 Å². The van der Waals surface area contributed by atoms with Crippen LogP contribution in [0.15, 0.2) is 71.3 Å². The van der Waals surface area contributed by atoms with Crippen LogP contribution in [0, 0.1) is 0 Å². The van der Waals surface area contributed by atoms with Crippen molar-refractivity contribution in [1.29, 1.82) is 0 Å². The quantitative estimate of drug-likeness (QED) is 0.694. The maximum absolute atomic E-state index is 12.7. The van der Waals surface area contributed by atoms with Gasteiger partial charge in [-0.15, -0.1) is 0 Å². The Bertz CT molecular complexity index is 937. The van der Waals surface area contributed by atoms with E-state index in [2.05, 4.69) is 29.6 Å². The van der Waals surface area contributed by atoms with E-state index < -0.39 is 0 Å². The Hall–Kier alpha value is -3.05. The maximum atomic E-state index is 12.7. The molecule has 2 atom stereocenters. The van der Waals surface area contributed by atoms with Crippen molar-refractivity contribution in [2.75, 3.05) is 20.2 Å². The van der Waals surface area contributed by atoms with Gasteiger partial charge >= 0.3 is 0 Å². The lowest BCUT2D eigenvalue weighted by Crippen LogP contribution is -3.12. The van der Waals surface area contributed by atoms with Crippen LogP contribution in [0.1, 0.15) is 33.3 Å². The molecule has 5 heteroatoms. The molecule has 144 valence electrons. The van der Waals surface area contributed by atoms with Gasteiger partial charge in [0, 0.05) is 17.5 Å². The third-order valence-corrected chi connectivity index (χ3v) is 5.43. The summed E-state index contributed by atoms with van der Waals surface area (Å²) >= 11 is 0. The number of amides is 1. The van der Waals surface area contributed by atoms with Crippen molar-refractivity contribution in [1.82, 2.24) is 5.32 Å². The van der Waals surface area contributed by atoms with Crippen LogP contribution >= 0.6 is 0 Å². The van der Waals surface area contributed by atoms with Crippen LogP contribution in [0.5, 0.6) is 5.75 Å². The number of carbonyl (C=O) groups excluding carboxylic acids is 1. The fourth-order valence-corrected chi connectivity index (χ4v) is 3.90. The third kappa shape index (κ3) is 3.94. The van der Waals surface area contributed by atoms with E-state index in [9.17, 15) is 4.79 Å². The van der Waals surface area contributed by atoms with Crippen molar-refractivity contribution in [3.05, 3.63) is 89.4 Å². The molecule has 2 heterocycles. The fraction of sp³-hybridized carbons (Fsp3) is 0.261. The minimum atomic E-state index is -0.104. The summed E-state index contributed by atoms with van der Waals surface area (Å²) in [5.41, 5.74) is 3.39. The van der Waals surface area contributed by atoms with Crippen LogP contribution in [0.3, 0.4) is 0 Å². The average molecular weight is 377 g/mol. The van der Waals surface area contributed by atoms with Crippen LogP contribution in [0.2, 0.25) is 0 Å². The standard InChI is InChI=1S/C23H24N2O3/c1-27-20-9-4-8-18(14-20)23(26)24-15-21(22-10-5-13-28-22)25-12-11-17-6-2-3-7-19(17)16-25/h2-10,13-14,21H,11-12,15-16H2,1H3,(H,24,26)/p+1/t21-/m0/s1. The van der Waals surface area contributed by atoms with Gasteiger partial charge in [0.05, 0.1) is 26.5 Å². The molecule has 1 aliphatic rings. The highest BCUT2D eigenvalue weighted by Gasteiger charge is 2.30. The van der Waals surface area contributed by atoms with Gasteiger partial charge in [0.15, 0.2) is 11.8 Å². The van der Waals surface area contributed by atoms with E-state index >= 15 is 0 Å². The Labute approximate surface area is 164 Å². The van der Waals surface area contributed by atoms with Crippen molar-refractivity contribution in [2.45, 2.75) is 19.0 Å². The zero-order chi connectivity index (χ0) is 19.3. The predicted molar refractivity (Wildman–Crippen MR) is 106 cm³/mol. The normalized spacial score (nSPS) is 16.8. The van der Waals surface area contributed by atoms with Crippen LogP contribution in [-0.4, -0.2) is 26.1 Å². The molecule has 0 spiro atoms. The lowest BCUT2D eigenvalue weighted by molar-refractivity contribution is -0.946. The lowest BCUT2D eigenvalue weighted by Gasteiger charge is -2.31. The first kappa shape index (κ1) is 18.3. The van der Waals surface area contributed by atoms with Crippen LogP contribution in [0.25, 0.3) is 0 Å². The Kier molecular flexibility index (Phi) is 5.44. The molecular weight excluding hydrogens is 352 g/mol. The van der Waals surface area contributed by atoms with E-state index in [1.807, 2.05) is 24.3 Å². The maximum Gasteiger partial charge on any atom is 0.251 e. The fourth-order valence-electron chi connectivity index (χ4n) is 3.90. The molecule has 2 N–H and O–H groups in total. The number of quaternary nitrogens is 1. The smallest absolute Gasteiger partial charge is 0.251 e. The summed E-state index contributed by atoms with van der Waals surface area (Å²) in [4.78, 5) is 14.1. The summed E-state index contributed by atoms with van der Waals surface area (Å²) in [6.45, 7) is 2.45. The summed E-state index contributed by atoms with van der Waals surface area (Å²) in [5.74, 6) is 1.47. The number of ether oxygens (including phenoxy) is 1. The summed E-state index contributed by atoms with van der Waals surface area (Å²) in [5, 5.41) is 3.08. The van der Waals surface area contributed by atoms with Gasteiger partial charge in [-0.25, -0.2) is 0 Å². The molecule has 28 heavy (non-hydrogen) atoms. The predicted octanol–water partition coefficient (Wildman–Crippen LogP) is 2.40. The van der Waals surface area contributed by atoms with Gasteiger partial charge in [0.2, 0.25) is 0 Å². The highest BCUT2D eigenvalue weighted by molar-refractivity contribution is 5.94. The van der Waals surface area contributed by atoms with Crippen LogP contribution in [0.4, 0.5) is 0 Å². The molecule has 0 saturated carbocycles. The molecule has 0 saturated heterocycles. The summed E-state index contributed by atoms with van der Waals surface area (Å²) in [7, 11) is 1.60. The molecule has 1 unspecified atom stereocenters. The first-order valence-corrected chi connectivity index (χ1v) is 9.61. The largest absolute Gasteiger partial charge is 0.497 e. The minimum absolute atomic E-state index is 0.0675. The van der Waals surface area contributed by atoms with Gasteiger partial charge in [-0.05, 0) is 35.9 Å². The van der Waals surface area contributed by atoms with Crippen molar-refractivity contribution in [3.63, 3.8) is 0 Å². The van der Waals surface area contributed by atoms with Crippen molar-refractivity contribution in [3.8, 4) is 5.75 Å². The van der Waals surface area contributed by atoms with E-state index in [1.165, 1.54) is 16.0 Å². The second kappa shape index (κ2) is 8.31. The molecule has 0 bridgehead atoms. The van der Waals surface area contributed by atoms with Gasteiger partial charge < -0.3 is 19.4 Å². The summed E-state index contributed by atoms with van der Waals surface area (Å²) in [6.07, 6.45) is 2.73. The molecule has 5 nitrogen and oxygen atoms in total.